The minimum Gasteiger partial charge on any atom is -0.469 e. The second kappa shape index (κ2) is 8.33. The number of rotatable bonds is 9. The lowest BCUT2D eigenvalue weighted by Gasteiger charge is -2.16. The van der Waals surface area contributed by atoms with Crippen molar-refractivity contribution in [2.45, 2.75) is 50.6 Å². The van der Waals surface area contributed by atoms with Gasteiger partial charge < -0.3 is 9.73 Å². The third kappa shape index (κ3) is 5.30. The first-order valence-electron chi connectivity index (χ1n) is 8.28. The average molecular weight is 381 g/mol. The Morgan fingerprint density at radius 2 is 1.96 bits per heavy atom. The molecule has 0 radical (unpaired) electrons. The molecule has 0 saturated heterocycles. The number of nitro benzene ring substituents is 1. The number of nitrogens with zero attached hydrogens (tertiary/aromatic N) is 1. The molecular formula is C17H23N3O5S. The Balaban J connectivity index is 2.16. The van der Waals surface area contributed by atoms with Crippen LogP contribution in [0.5, 0.6) is 0 Å². The molecule has 1 atom stereocenters. The average Bonchev–Trinajstić information content (AvgIpc) is 3.05. The molecule has 2 rings (SSSR count). The molecule has 0 aliphatic heterocycles. The quantitative estimate of drug-likeness (QED) is 0.509. The van der Waals surface area contributed by atoms with Gasteiger partial charge in [0.25, 0.3) is 5.69 Å². The van der Waals surface area contributed by atoms with Crippen molar-refractivity contribution in [1.82, 2.24) is 4.72 Å². The van der Waals surface area contributed by atoms with Crippen LogP contribution >= 0.6 is 0 Å². The molecule has 0 unspecified atom stereocenters. The Hall–Kier alpha value is -2.39. The molecule has 9 heteroatoms. The van der Waals surface area contributed by atoms with Crippen LogP contribution in [-0.4, -0.2) is 25.4 Å². The predicted octanol–water partition coefficient (Wildman–Crippen LogP) is 3.31. The van der Waals surface area contributed by atoms with Crippen molar-refractivity contribution in [2.24, 2.45) is 0 Å². The van der Waals surface area contributed by atoms with E-state index < -0.39 is 14.9 Å². The predicted molar refractivity (Wildman–Crippen MR) is 98.7 cm³/mol. The number of hydrogen-bond acceptors (Lipinski definition) is 6. The first-order valence-corrected chi connectivity index (χ1v) is 9.77. The zero-order valence-electron chi connectivity index (χ0n) is 14.9. The Morgan fingerprint density at radius 1 is 1.23 bits per heavy atom. The number of benzene rings is 1. The molecule has 0 bridgehead atoms. The lowest BCUT2D eigenvalue weighted by molar-refractivity contribution is -0.384. The normalized spacial score (nSPS) is 12.9. The number of anilines is 1. The summed E-state index contributed by atoms with van der Waals surface area (Å²) in [6.07, 6.45) is 3.00. The van der Waals surface area contributed by atoms with Gasteiger partial charge in [0.2, 0.25) is 10.0 Å². The van der Waals surface area contributed by atoms with Crippen LogP contribution in [0.15, 0.2) is 45.9 Å². The number of hydrogen-bond donors (Lipinski definition) is 2. The molecule has 26 heavy (non-hydrogen) atoms. The van der Waals surface area contributed by atoms with Crippen LogP contribution in [-0.2, 0) is 16.4 Å². The molecule has 0 aliphatic rings. The topological polar surface area (TPSA) is 114 Å². The highest BCUT2D eigenvalue weighted by atomic mass is 32.2. The van der Waals surface area contributed by atoms with E-state index in [2.05, 4.69) is 10.0 Å². The summed E-state index contributed by atoms with van der Waals surface area (Å²) in [5.74, 6) is 0.842. The van der Waals surface area contributed by atoms with E-state index in [1.165, 1.54) is 12.1 Å². The minimum absolute atomic E-state index is 0.0601. The van der Waals surface area contributed by atoms with Crippen molar-refractivity contribution >= 4 is 21.4 Å². The fourth-order valence-electron chi connectivity index (χ4n) is 2.48. The van der Waals surface area contributed by atoms with Gasteiger partial charge in [0.05, 0.1) is 16.1 Å². The summed E-state index contributed by atoms with van der Waals surface area (Å²) < 4.78 is 32.1. The molecule has 1 aromatic carbocycles. The van der Waals surface area contributed by atoms with E-state index in [0.717, 1.165) is 11.8 Å². The van der Waals surface area contributed by atoms with Crippen LogP contribution in [0.4, 0.5) is 11.4 Å². The first-order chi connectivity index (χ1) is 12.2. The van der Waals surface area contributed by atoms with Crippen molar-refractivity contribution in [3.63, 3.8) is 0 Å². The number of nitrogens with one attached hydrogen (secondary N) is 2. The Morgan fingerprint density at radius 3 is 2.54 bits per heavy atom. The molecule has 0 spiro atoms. The zero-order valence-corrected chi connectivity index (χ0v) is 15.7. The summed E-state index contributed by atoms with van der Waals surface area (Å²) in [4.78, 5) is 10.7. The van der Waals surface area contributed by atoms with Crippen LogP contribution in [0, 0.1) is 10.1 Å². The molecule has 1 aromatic heterocycles. The highest BCUT2D eigenvalue weighted by Crippen LogP contribution is 2.28. The molecule has 0 saturated carbocycles. The highest BCUT2D eigenvalue weighted by molar-refractivity contribution is 7.89. The van der Waals surface area contributed by atoms with E-state index in [-0.39, 0.29) is 28.4 Å². The largest absolute Gasteiger partial charge is 0.469 e. The summed E-state index contributed by atoms with van der Waals surface area (Å²) in [6, 6.07) is 7.18. The van der Waals surface area contributed by atoms with Crippen molar-refractivity contribution in [1.29, 1.82) is 0 Å². The molecule has 142 valence electrons. The van der Waals surface area contributed by atoms with E-state index in [1.54, 1.807) is 20.1 Å². The summed E-state index contributed by atoms with van der Waals surface area (Å²) in [5.41, 5.74) is 0.00641. The van der Waals surface area contributed by atoms with E-state index in [9.17, 15) is 18.5 Å². The smallest absolute Gasteiger partial charge is 0.293 e. The van der Waals surface area contributed by atoms with Gasteiger partial charge in [0.15, 0.2) is 0 Å². The third-order valence-corrected chi connectivity index (χ3v) is 5.33. The molecule has 1 heterocycles. The summed E-state index contributed by atoms with van der Waals surface area (Å²) in [7, 11) is -3.80. The second-order valence-electron chi connectivity index (χ2n) is 6.38. The third-order valence-electron chi connectivity index (χ3n) is 3.67. The van der Waals surface area contributed by atoms with Crippen LogP contribution in [0.3, 0.4) is 0 Å². The maximum absolute atomic E-state index is 12.2. The van der Waals surface area contributed by atoms with E-state index in [1.807, 2.05) is 19.1 Å². The summed E-state index contributed by atoms with van der Waals surface area (Å²) >= 11 is 0. The first kappa shape index (κ1) is 19.9. The van der Waals surface area contributed by atoms with Gasteiger partial charge in [-0.1, -0.05) is 0 Å². The van der Waals surface area contributed by atoms with E-state index >= 15 is 0 Å². The molecule has 0 aliphatic carbocycles. The monoisotopic (exact) mass is 381 g/mol. The van der Waals surface area contributed by atoms with Gasteiger partial charge in [-0.05, 0) is 51.5 Å². The van der Waals surface area contributed by atoms with E-state index in [0.29, 0.717) is 12.8 Å². The van der Waals surface area contributed by atoms with E-state index in [4.69, 9.17) is 4.42 Å². The Bertz CT molecular complexity index is 847. The van der Waals surface area contributed by atoms with Gasteiger partial charge in [-0.15, -0.1) is 0 Å². The van der Waals surface area contributed by atoms with Crippen LogP contribution < -0.4 is 10.0 Å². The van der Waals surface area contributed by atoms with Gasteiger partial charge in [-0.2, -0.15) is 0 Å². The number of sulfonamides is 1. The van der Waals surface area contributed by atoms with Crippen LogP contribution in [0.25, 0.3) is 0 Å². The lowest BCUT2D eigenvalue weighted by Crippen LogP contribution is -2.30. The lowest BCUT2D eigenvalue weighted by atomic mass is 10.1. The Kier molecular flexibility index (Phi) is 6.38. The standard InChI is InChI=1S/C17H23N3O5S/c1-12(2)19-26(23,24)15-8-9-16(17(11-15)20(21)22)18-13(3)6-7-14-5-4-10-25-14/h4-5,8-13,18-19H,6-7H2,1-3H3/t13-/m0/s1. The van der Waals surface area contributed by atoms with Crippen LogP contribution in [0.2, 0.25) is 0 Å². The summed E-state index contributed by atoms with van der Waals surface area (Å²) in [5, 5.41) is 14.5. The molecule has 0 fully saturated rings. The van der Waals surface area contributed by atoms with Gasteiger partial charge >= 0.3 is 0 Å². The molecule has 0 amide bonds. The van der Waals surface area contributed by atoms with Crippen molar-refractivity contribution in [3.8, 4) is 0 Å². The Labute approximate surface area is 152 Å². The maximum Gasteiger partial charge on any atom is 0.293 e. The van der Waals surface area contributed by atoms with Crippen LogP contribution in [0.1, 0.15) is 33.0 Å². The minimum atomic E-state index is -3.80. The van der Waals surface area contributed by atoms with Gasteiger partial charge in [0, 0.05) is 24.6 Å². The van der Waals surface area contributed by atoms with Crippen molar-refractivity contribution < 1.29 is 17.8 Å². The molecular weight excluding hydrogens is 358 g/mol. The number of nitro groups is 1. The fraction of sp³-hybridized carbons (Fsp3) is 0.412. The SMILES string of the molecule is CC(C)NS(=O)(=O)c1ccc(N[C@@H](C)CCc2ccco2)c([N+](=O)[O-])c1. The fourth-order valence-corrected chi connectivity index (χ4v) is 3.75. The number of furan rings is 1. The maximum atomic E-state index is 12.2. The van der Waals surface area contributed by atoms with Gasteiger partial charge in [-0.25, -0.2) is 13.1 Å². The second-order valence-corrected chi connectivity index (χ2v) is 8.09. The molecule has 2 aromatic rings. The number of aryl methyl sites for hydroxylation is 1. The summed E-state index contributed by atoms with van der Waals surface area (Å²) in [6.45, 7) is 5.27. The van der Waals surface area contributed by atoms with Crippen molar-refractivity contribution in [2.75, 3.05) is 5.32 Å². The van der Waals surface area contributed by atoms with Crippen molar-refractivity contribution in [3.05, 3.63) is 52.5 Å². The zero-order chi connectivity index (χ0) is 19.3. The van der Waals surface area contributed by atoms with Gasteiger partial charge in [0.1, 0.15) is 11.4 Å². The highest BCUT2D eigenvalue weighted by Gasteiger charge is 2.22. The molecule has 2 N–H and O–H groups in total. The van der Waals surface area contributed by atoms with Gasteiger partial charge in [-0.3, -0.25) is 10.1 Å². The molecule has 8 nitrogen and oxygen atoms in total.